The smallest absolute Gasteiger partial charge is 0.223 e. The summed E-state index contributed by atoms with van der Waals surface area (Å²) >= 11 is 3.41. The zero-order chi connectivity index (χ0) is 9.97. The van der Waals surface area contributed by atoms with Crippen LogP contribution in [0.5, 0.6) is 0 Å². The van der Waals surface area contributed by atoms with E-state index in [0.29, 0.717) is 18.1 Å². The van der Waals surface area contributed by atoms with Crippen molar-refractivity contribution in [2.75, 3.05) is 0 Å². The first kappa shape index (κ1) is 9.33. The molecule has 0 bridgehead atoms. The Hall–Kier alpha value is -1.23. The molecule has 72 valence electrons. The number of halogens is 1. The van der Waals surface area contributed by atoms with E-state index in [9.17, 15) is 0 Å². The fourth-order valence-electron chi connectivity index (χ4n) is 1.11. The number of nitrogens with zero attached hydrogens (tertiary/aromatic N) is 3. The molecule has 0 atom stereocenters. The van der Waals surface area contributed by atoms with Gasteiger partial charge in [-0.15, -0.1) is 0 Å². The van der Waals surface area contributed by atoms with E-state index in [1.54, 1.807) is 13.1 Å². The van der Waals surface area contributed by atoms with Crippen LogP contribution in [0.4, 0.5) is 0 Å². The maximum Gasteiger partial charge on any atom is 0.223 e. The van der Waals surface area contributed by atoms with Crippen molar-refractivity contribution in [1.82, 2.24) is 15.1 Å². The van der Waals surface area contributed by atoms with Gasteiger partial charge in [-0.2, -0.15) is 4.98 Å². The van der Waals surface area contributed by atoms with Gasteiger partial charge < -0.3 is 4.52 Å². The number of hydrogen-bond acceptors (Lipinski definition) is 4. The normalized spacial score (nSPS) is 10.4. The van der Waals surface area contributed by atoms with Crippen LogP contribution in [0.1, 0.15) is 17.4 Å². The summed E-state index contributed by atoms with van der Waals surface area (Å²) in [6.45, 7) is 1.77. The van der Waals surface area contributed by atoms with Gasteiger partial charge in [0.15, 0.2) is 5.82 Å². The molecule has 4 nitrogen and oxygen atoms in total. The second-order valence-electron chi connectivity index (χ2n) is 2.84. The highest BCUT2D eigenvalue weighted by atomic mass is 79.9. The topological polar surface area (TPSA) is 51.8 Å². The van der Waals surface area contributed by atoms with Crippen LogP contribution in [0.2, 0.25) is 0 Å². The van der Waals surface area contributed by atoms with Gasteiger partial charge in [-0.05, 0) is 28.1 Å². The summed E-state index contributed by atoms with van der Waals surface area (Å²) in [6, 6.07) is 3.81. The quantitative estimate of drug-likeness (QED) is 0.823. The Balaban J connectivity index is 2.23. The van der Waals surface area contributed by atoms with E-state index in [1.165, 1.54) is 0 Å². The zero-order valence-electron chi connectivity index (χ0n) is 7.57. The van der Waals surface area contributed by atoms with Gasteiger partial charge in [0.25, 0.3) is 0 Å². The van der Waals surface area contributed by atoms with Gasteiger partial charge in [0.2, 0.25) is 5.89 Å². The second kappa shape index (κ2) is 3.88. The molecule has 0 saturated carbocycles. The number of rotatable bonds is 2. The van der Waals surface area contributed by atoms with Crippen LogP contribution in [0.3, 0.4) is 0 Å². The molecule has 2 aromatic rings. The molecule has 2 aromatic heterocycles. The standard InChI is InChI=1S/C9H8BrN3O/c1-6-12-9(13-14-6)5-8-7(10)3-2-4-11-8/h2-4H,5H2,1H3. The van der Waals surface area contributed by atoms with E-state index in [1.807, 2.05) is 12.1 Å². The molecule has 0 radical (unpaired) electrons. The largest absolute Gasteiger partial charge is 0.340 e. The number of hydrogen-bond donors (Lipinski definition) is 0. The lowest BCUT2D eigenvalue weighted by atomic mass is 10.2. The third kappa shape index (κ3) is 1.98. The fraction of sp³-hybridized carbons (Fsp3) is 0.222. The molecule has 0 aliphatic carbocycles. The SMILES string of the molecule is Cc1nc(Cc2ncccc2Br)no1. The van der Waals surface area contributed by atoms with Gasteiger partial charge in [-0.3, -0.25) is 4.98 Å². The van der Waals surface area contributed by atoms with E-state index in [-0.39, 0.29) is 0 Å². The van der Waals surface area contributed by atoms with Crippen LogP contribution in [0.25, 0.3) is 0 Å². The molecule has 0 spiro atoms. The average molecular weight is 254 g/mol. The van der Waals surface area contributed by atoms with Crippen LogP contribution in [0, 0.1) is 6.92 Å². The molecule has 0 aliphatic rings. The lowest BCUT2D eigenvalue weighted by molar-refractivity contribution is 0.388. The Morgan fingerprint density at radius 1 is 1.50 bits per heavy atom. The van der Waals surface area contributed by atoms with Crippen molar-refractivity contribution >= 4 is 15.9 Å². The van der Waals surface area contributed by atoms with Crippen molar-refractivity contribution in [1.29, 1.82) is 0 Å². The first-order chi connectivity index (χ1) is 6.75. The minimum absolute atomic E-state index is 0.576. The van der Waals surface area contributed by atoms with Gasteiger partial charge in [0.1, 0.15) is 0 Å². The van der Waals surface area contributed by atoms with E-state index in [2.05, 4.69) is 31.1 Å². The predicted molar refractivity (Wildman–Crippen MR) is 53.8 cm³/mol. The van der Waals surface area contributed by atoms with Crippen molar-refractivity contribution in [3.05, 3.63) is 40.2 Å². The summed E-state index contributed by atoms with van der Waals surface area (Å²) in [5.74, 6) is 1.23. The van der Waals surface area contributed by atoms with Crippen LogP contribution < -0.4 is 0 Å². The van der Waals surface area contributed by atoms with Crippen molar-refractivity contribution < 1.29 is 4.52 Å². The molecule has 0 fully saturated rings. The molecule has 0 aromatic carbocycles. The van der Waals surface area contributed by atoms with Crippen molar-refractivity contribution in [3.8, 4) is 0 Å². The third-order valence-corrected chi connectivity index (χ3v) is 2.45. The highest BCUT2D eigenvalue weighted by Gasteiger charge is 2.06. The first-order valence-electron chi connectivity index (χ1n) is 4.14. The molecule has 0 unspecified atom stereocenters. The predicted octanol–water partition coefficient (Wildman–Crippen LogP) is 2.13. The number of aromatic nitrogens is 3. The van der Waals surface area contributed by atoms with Gasteiger partial charge in [-0.25, -0.2) is 0 Å². The van der Waals surface area contributed by atoms with Gasteiger partial charge in [0, 0.05) is 17.6 Å². The molecular weight excluding hydrogens is 246 g/mol. The maximum atomic E-state index is 4.87. The van der Waals surface area contributed by atoms with Crippen LogP contribution in [0.15, 0.2) is 27.3 Å². The monoisotopic (exact) mass is 253 g/mol. The van der Waals surface area contributed by atoms with Crippen LogP contribution >= 0.6 is 15.9 Å². The van der Waals surface area contributed by atoms with E-state index < -0.39 is 0 Å². The van der Waals surface area contributed by atoms with E-state index >= 15 is 0 Å². The van der Waals surface area contributed by atoms with Gasteiger partial charge in [0.05, 0.1) is 12.1 Å². The summed E-state index contributed by atoms with van der Waals surface area (Å²) < 4.78 is 5.83. The Labute approximate surface area is 89.5 Å². The Kier molecular flexibility index (Phi) is 2.58. The molecular formula is C9H8BrN3O. The first-order valence-corrected chi connectivity index (χ1v) is 4.93. The van der Waals surface area contributed by atoms with Crippen LogP contribution in [-0.4, -0.2) is 15.1 Å². The molecule has 5 heteroatoms. The van der Waals surface area contributed by atoms with Crippen molar-refractivity contribution in [3.63, 3.8) is 0 Å². The fourth-order valence-corrected chi connectivity index (χ4v) is 1.51. The molecule has 0 saturated heterocycles. The summed E-state index contributed by atoms with van der Waals surface area (Å²) in [4.78, 5) is 8.32. The third-order valence-electron chi connectivity index (χ3n) is 1.73. The Morgan fingerprint density at radius 3 is 3.00 bits per heavy atom. The Bertz CT molecular complexity index is 441. The molecule has 14 heavy (non-hydrogen) atoms. The summed E-state index contributed by atoms with van der Waals surface area (Å²) in [5, 5.41) is 3.81. The van der Waals surface area contributed by atoms with Crippen molar-refractivity contribution in [2.24, 2.45) is 0 Å². The van der Waals surface area contributed by atoms with Crippen molar-refractivity contribution in [2.45, 2.75) is 13.3 Å². The second-order valence-corrected chi connectivity index (χ2v) is 3.69. The molecule has 2 heterocycles. The van der Waals surface area contributed by atoms with Gasteiger partial charge >= 0.3 is 0 Å². The Morgan fingerprint density at radius 2 is 2.36 bits per heavy atom. The minimum Gasteiger partial charge on any atom is -0.340 e. The molecule has 2 rings (SSSR count). The molecule has 0 N–H and O–H groups in total. The van der Waals surface area contributed by atoms with E-state index in [4.69, 9.17) is 4.52 Å². The highest BCUT2D eigenvalue weighted by molar-refractivity contribution is 9.10. The maximum absolute atomic E-state index is 4.87. The zero-order valence-corrected chi connectivity index (χ0v) is 9.15. The lowest BCUT2D eigenvalue weighted by Crippen LogP contribution is -1.94. The summed E-state index contributed by atoms with van der Waals surface area (Å²) in [7, 11) is 0. The molecule has 0 aliphatic heterocycles. The average Bonchev–Trinajstić information content (AvgIpc) is 2.56. The van der Waals surface area contributed by atoms with Crippen LogP contribution in [-0.2, 0) is 6.42 Å². The molecule has 0 amide bonds. The highest BCUT2D eigenvalue weighted by Crippen LogP contribution is 2.15. The van der Waals surface area contributed by atoms with E-state index in [0.717, 1.165) is 10.2 Å². The lowest BCUT2D eigenvalue weighted by Gasteiger charge is -1.97. The summed E-state index contributed by atoms with van der Waals surface area (Å²) in [6.07, 6.45) is 2.33. The number of pyridine rings is 1. The van der Waals surface area contributed by atoms with Gasteiger partial charge in [-0.1, -0.05) is 5.16 Å². The minimum atomic E-state index is 0.576. The summed E-state index contributed by atoms with van der Waals surface area (Å²) in [5.41, 5.74) is 0.910. The number of aryl methyl sites for hydroxylation is 1.